The first-order valence-corrected chi connectivity index (χ1v) is 13.9. The Bertz CT molecular complexity index is 1430. The summed E-state index contributed by atoms with van der Waals surface area (Å²) in [5.41, 5.74) is 3.97. The Labute approximate surface area is 214 Å². The van der Waals surface area contributed by atoms with Crippen LogP contribution in [0.4, 0.5) is 0 Å². The van der Waals surface area contributed by atoms with E-state index in [9.17, 15) is 18.5 Å². The number of nitriles is 1. The molecule has 0 saturated carbocycles. The molecule has 9 nitrogen and oxygen atoms in total. The third-order valence-corrected chi connectivity index (χ3v) is 7.99. The van der Waals surface area contributed by atoms with Crippen molar-refractivity contribution in [3.8, 4) is 33.0 Å². The molecule has 11 heteroatoms. The van der Waals surface area contributed by atoms with Gasteiger partial charge in [-0.15, -0.1) is 10.2 Å². The molecule has 0 spiro atoms. The zero-order valence-electron chi connectivity index (χ0n) is 20.1. The number of rotatable bonds is 8. The largest absolute Gasteiger partial charge is 0.490 e. The molecule has 1 heterocycles. The second-order valence-corrected chi connectivity index (χ2v) is 11.4. The Morgan fingerprint density at radius 3 is 2.75 bits per heavy atom. The summed E-state index contributed by atoms with van der Waals surface area (Å²) < 4.78 is 37.8. The van der Waals surface area contributed by atoms with Crippen LogP contribution in [0.3, 0.4) is 0 Å². The molecule has 0 amide bonds. The van der Waals surface area contributed by atoms with E-state index in [1.807, 2.05) is 38.1 Å². The number of ether oxygens (including phenoxy) is 2. The number of hydrogen-bond acceptors (Lipinski definition) is 9. The van der Waals surface area contributed by atoms with E-state index in [2.05, 4.69) is 25.7 Å². The van der Waals surface area contributed by atoms with Crippen LogP contribution in [0.5, 0.6) is 5.75 Å². The fourth-order valence-corrected chi connectivity index (χ4v) is 6.28. The van der Waals surface area contributed by atoms with Crippen LogP contribution >= 0.6 is 11.3 Å². The highest BCUT2D eigenvalue weighted by molar-refractivity contribution is 7.90. The van der Waals surface area contributed by atoms with Gasteiger partial charge in [0.2, 0.25) is 10.0 Å². The SMILES string of the molecule is COC(=O)CS(=O)(=O)NC1CCCc2c(-c3nnc(-c4ccc(OC(C)C)c(C#N)c4)s3)cccc21. The van der Waals surface area contributed by atoms with Crippen LogP contribution in [0, 0.1) is 11.3 Å². The molecular weight excluding hydrogens is 500 g/mol. The molecule has 188 valence electrons. The van der Waals surface area contributed by atoms with Crippen LogP contribution in [0.2, 0.25) is 0 Å². The summed E-state index contributed by atoms with van der Waals surface area (Å²) in [5.74, 6) is -1.00. The van der Waals surface area contributed by atoms with Gasteiger partial charge in [-0.05, 0) is 62.4 Å². The fourth-order valence-electron chi connectivity index (χ4n) is 4.20. The van der Waals surface area contributed by atoms with E-state index in [1.165, 1.54) is 11.3 Å². The summed E-state index contributed by atoms with van der Waals surface area (Å²) >= 11 is 1.40. The number of esters is 1. The molecule has 0 saturated heterocycles. The van der Waals surface area contributed by atoms with Crippen LogP contribution in [0.1, 0.15) is 49.4 Å². The fraction of sp³-hybridized carbons (Fsp3) is 0.360. The molecule has 1 atom stereocenters. The van der Waals surface area contributed by atoms with Gasteiger partial charge >= 0.3 is 5.97 Å². The van der Waals surface area contributed by atoms with E-state index in [0.29, 0.717) is 27.7 Å². The first-order valence-electron chi connectivity index (χ1n) is 11.4. The lowest BCUT2D eigenvalue weighted by atomic mass is 9.85. The topological polar surface area (TPSA) is 131 Å². The van der Waals surface area contributed by atoms with Crippen molar-refractivity contribution < 1.29 is 22.7 Å². The van der Waals surface area contributed by atoms with E-state index < -0.39 is 27.8 Å². The van der Waals surface area contributed by atoms with E-state index in [0.717, 1.165) is 42.2 Å². The Morgan fingerprint density at radius 2 is 2.03 bits per heavy atom. The van der Waals surface area contributed by atoms with Crippen molar-refractivity contribution in [3.05, 3.63) is 53.1 Å². The average Bonchev–Trinajstić information content (AvgIpc) is 3.33. The van der Waals surface area contributed by atoms with Crippen LogP contribution in [0.15, 0.2) is 36.4 Å². The quantitative estimate of drug-likeness (QED) is 0.436. The molecule has 1 aliphatic rings. The van der Waals surface area contributed by atoms with Crippen molar-refractivity contribution in [2.75, 3.05) is 12.9 Å². The summed E-state index contributed by atoms with van der Waals surface area (Å²) in [6.45, 7) is 3.81. The number of aromatic nitrogens is 2. The molecule has 1 N–H and O–H groups in total. The molecule has 0 aliphatic heterocycles. The van der Waals surface area contributed by atoms with Crippen LogP contribution in [-0.4, -0.2) is 43.6 Å². The number of methoxy groups -OCH3 is 1. The van der Waals surface area contributed by atoms with E-state index in [1.54, 1.807) is 12.1 Å². The first kappa shape index (κ1) is 25.8. The normalized spacial score (nSPS) is 15.2. The predicted molar refractivity (Wildman–Crippen MR) is 136 cm³/mol. The first-order chi connectivity index (χ1) is 17.2. The van der Waals surface area contributed by atoms with Crippen LogP contribution < -0.4 is 9.46 Å². The standard InChI is InChI=1S/C25H26N4O5S2/c1-15(2)34-22-11-10-16(12-17(22)13-26)24-27-28-25(35-24)20-8-4-7-19-18(20)6-5-9-21(19)29-36(31,32)14-23(30)33-3/h4,7-8,10-12,15,21,29H,5-6,9,14H2,1-3H3. The van der Waals surface area contributed by atoms with Crippen molar-refractivity contribution in [2.24, 2.45) is 0 Å². The van der Waals surface area contributed by atoms with Gasteiger partial charge in [-0.25, -0.2) is 13.1 Å². The molecule has 1 unspecified atom stereocenters. The van der Waals surface area contributed by atoms with Crippen molar-refractivity contribution >= 4 is 27.3 Å². The van der Waals surface area contributed by atoms with Crippen molar-refractivity contribution in [3.63, 3.8) is 0 Å². The molecule has 0 fully saturated rings. The summed E-state index contributed by atoms with van der Waals surface area (Å²) in [7, 11) is -2.69. The summed E-state index contributed by atoms with van der Waals surface area (Å²) in [6.07, 6.45) is 2.13. The molecule has 3 aromatic rings. The summed E-state index contributed by atoms with van der Waals surface area (Å²) in [6, 6.07) is 12.8. The van der Waals surface area contributed by atoms with Gasteiger partial charge < -0.3 is 9.47 Å². The van der Waals surface area contributed by atoms with Crippen LogP contribution in [-0.2, 0) is 26.0 Å². The lowest BCUT2D eigenvalue weighted by Gasteiger charge is -2.27. The summed E-state index contributed by atoms with van der Waals surface area (Å²) in [5, 5.41) is 19.7. The molecule has 36 heavy (non-hydrogen) atoms. The zero-order valence-corrected chi connectivity index (χ0v) is 21.8. The Morgan fingerprint density at radius 1 is 1.25 bits per heavy atom. The number of nitrogens with zero attached hydrogens (tertiary/aromatic N) is 3. The van der Waals surface area contributed by atoms with Gasteiger partial charge in [0.15, 0.2) is 5.75 Å². The van der Waals surface area contributed by atoms with Crippen molar-refractivity contribution in [2.45, 2.75) is 45.3 Å². The smallest absolute Gasteiger partial charge is 0.322 e. The number of fused-ring (bicyclic) bond motifs is 1. The van der Waals surface area contributed by atoms with Gasteiger partial charge in [0.25, 0.3) is 0 Å². The lowest BCUT2D eigenvalue weighted by molar-refractivity contribution is -0.137. The average molecular weight is 527 g/mol. The highest BCUT2D eigenvalue weighted by Crippen LogP contribution is 2.39. The lowest BCUT2D eigenvalue weighted by Crippen LogP contribution is -2.35. The second-order valence-electron chi connectivity index (χ2n) is 8.67. The van der Waals surface area contributed by atoms with E-state index >= 15 is 0 Å². The minimum absolute atomic E-state index is 0.0471. The number of hydrogen-bond donors (Lipinski definition) is 1. The van der Waals surface area contributed by atoms with Gasteiger partial charge in [-0.3, -0.25) is 4.79 Å². The number of benzene rings is 2. The van der Waals surface area contributed by atoms with Gasteiger partial charge in [-0.1, -0.05) is 29.5 Å². The van der Waals surface area contributed by atoms with Gasteiger partial charge in [0.05, 0.1) is 18.8 Å². The minimum atomic E-state index is -3.85. The Balaban J connectivity index is 1.63. The number of sulfonamides is 1. The Kier molecular flexibility index (Phi) is 7.68. The van der Waals surface area contributed by atoms with Gasteiger partial charge in [0.1, 0.15) is 21.8 Å². The number of carbonyl (C=O) groups excluding carboxylic acids is 1. The van der Waals surface area contributed by atoms with Crippen molar-refractivity contribution in [1.29, 1.82) is 5.26 Å². The molecule has 2 aromatic carbocycles. The second kappa shape index (κ2) is 10.7. The molecule has 0 radical (unpaired) electrons. The third-order valence-electron chi connectivity index (χ3n) is 5.73. The van der Waals surface area contributed by atoms with Gasteiger partial charge in [0, 0.05) is 17.2 Å². The van der Waals surface area contributed by atoms with E-state index in [4.69, 9.17) is 4.74 Å². The highest BCUT2D eigenvalue weighted by Gasteiger charge is 2.28. The molecule has 4 rings (SSSR count). The minimum Gasteiger partial charge on any atom is -0.490 e. The van der Waals surface area contributed by atoms with Crippen molar-refractivity contribution in [1.82, 2.24) is 14.9 Å². The number of nitrogens with one attached hydrogen (secondary N) is 1. The number of carbonyl (C=O) groups is 1. The Hall–Kier alpha value is -3.33. The highest BCUT2D eigenvalue weighted by atomic mass is 32.2. The molecule has 0 bridgehead atoms. The van der Waals surface area contributed by atoms with E-state index in [-0.39, 0.29) is 6.10 Å². The summed E-state index contributed by atoms with van der Waals surface area (Å²) in [4.78, 5) is 11.5. The van der Waals surface area contributed by atoms with Crippen LogP contribution in [0.25, 0.3) is 21.1 Å². The maximum Gasteiger partial charge on any atom is 0.322 e. The third kappa shape index (κ3) is 5.73. The zero-order chi connectivity index (χ0) is 25.9. The molecule has 1 aromatic heterocycles. The molecular formula is C25H26N4O5S2. The molecule has 1 aliphatic carbocycles. The maximum absolute atomic E-state index is 12.5. The monoisotopic (exact) mass is 526 g/mol. The maximum atomic E-state index is 12.5. The predicted octanol–water partition coefficient (Wildman–Crippen LogP) is 4.00. The van der Waals surface area contributed by atoms with Gasteiger partial charge in [-0.2, -0.15) is 5.26 Å².